The Balaban J connectivity index is 1.91. The van der Waals surface area contributed by atoms with Gasteiger partial charge in [0.25, 0.3) is 0 Å². The standard InChI is InChI=1S/C14H18N2O2/c1-9-3-4-11(10(2)7-9)8-15-14(18)12-5-6-13(17)16-12/h3-4,7,12H,5-6,8H2,1-2H3,(H,15,18)(H,16,17). The lowest BCUT2D eigenvalue weighted by Crippen LogP contribution is -2.41. The molecule has 1 heterocycles. The van der Waals surface area contributed by atoms with Gasteiger partial charge in [-0.15, -0.1) is 0 Å². The van der Waals surface area contributed by atoms with Crippen molar-refractivity contribution in [2.24, 2.45) is 0 Å². The summed E-state index contributed by atoms with van der Waals surface area (Å²) < 4.78 is 0. The molecule has 2 amide bonds. The van der Waals surface area contributed by atoms with E-state index in [0.29, 0.717) is 19.4 Å². The molecule has 1 aliphatic rings. The SMILES string of the molecule is Cc1ccc(CNC(=O)C2CCC(=O)N2)c(C)c1. The van der Waals surface area contributed by atoms with Crippen LogP contribution in [0.4, 0.5) is 0 Å². The molecule has 0 saturated carbocycles. The second kappa shape index (κ2) is 5.21. The molecule has 4 heteroatoms. The normalized spacial score (nSPS) is 18.6. The lowest BCUT2D eigenvalue weighted by atomic mass is 10.1. The van der Waals surface area contributed by atoms with E-state index in [1.54, 1.807) is 0 Å². The van der Waals surface area contributed by atoms with Crippen LogP contribution in [0.15, 0.2) is 18.2 Å². The molecule has 2 N–H and O–H groups in total. The van der Waals surface area contributed by atoms with E-state index in [0.717, 1.165) is 5.56 Å². The molecule has 1 saturated heterocycles. The number of amides is 2. The summed E-state index contributed by atoms with van der Waals surface area (Å²) in [4.78, 5) is 22.8. The zero-order valence-corrected chi connectivity index (χ0v) is 10.7. The minimum Gasteiger partial charge on any atom is -0.350 e. The van der Waals surface area contributed by atoms with Crippen LogP contribution in [0.3, 0.4) is 0 Å². The van der Waals surface area contributed by atoms with Crippen LogP contribution in [0.1, 0.15) is 29.5 Å². The average Bonchev–Trinajstić information content (AvgIpc) is 2.74. The smallest absolute Gasteiger partial charge is 0.242 e. The third-order valence-corrected chi connectivity index (χ3v) is 3.26. The molecule has 1 unspecified atom stereocenters. The molecule has 96 valence electrons. The molecule has 0 spiro atoms. The largest absolute Gasteiger partial charge is 0.350 e. The van der Waals surface area contributed by atoms with Crippen molar-refractivity contribution in [3.05, 3.63) is 34.9 Å². The van der Waals surface area contributed by atoms with E-state index in [9.17, 15) is 9.59 Å². The zero-order valence-electron chi connectivity index (χ0n) is 10.7. The van der Waals surface area contributed by atoms with Gasteiger partial charge in [0, 0.05) is 13.0 Å². The Morgan fingerprint density at radius 3 is 2.83 bits per heavy atom. The highest BCUT2D eigenvalue weighted by atomic mass is 16.2. The monoisotopic (exact) mass is 246 g/mol. The lowest BCUT2D eigenvalue weighted by Gasteiger charge is -2.12. The van der Waals surface area contributed by atoms with Gasteiger partial charge in [-0.25, -0.2) is 0 Å². The first-order valence-corrected chi connectivity index (χ1v) is 6.19. The summed E-state index contributed by atoms with van der Waals surface area (Å²) in [6.45, 7) is 4.59. The maximum atomic E-state index is 11.8. The molecule has 0 aromatic heterocycles. The van der Waals surface area contributed by atoms with Gasteiger partial charge in [0.1, 0.15) is 6.04 Å². The van der Waals surface area contributed by atoms with Crippen molar-refractivity contribution in [3.63, 3.8) is 0 Å². The number of nitrogens with one attached hydrogen (secondary N) is 2. The highest BCUT2D eigenvalue weighted by Crippen LogP contribution is 2.11. The van der Waals surface area contributed by atoms with Gasteiger partial charge in [0.05, 0.1) is 0 Å². The molecule has 1 atom stereocenters. The summed E-state index contributed by atoms with van der Waals surface area (Å²) in [7, 11) is 0. The van der Waals surface area contributed by atoms with Crippen molar-refractivity contribution < 1.29 is 9.59 Å². The Kier molecular flexibility index (Phi) is 3.65. The average molecular weight is 246 g/mol. The van der Waals surface area contributed by atoms with Crippen molar-refractivity contribution in [1.29, 1.82) is 0 Å². The summed E-state index contributed by atoms with van der Waals surface area (Å²) in [5.41, 5.74) is 3.50. The van der Waals surface area contributed by atoms with Gasteiger partial charge in [-0.05, 0) is 31.4 Å². The first-order valence-electron chi connectivity index (χ1n) is 6.19. The maximum absolute atomic E-state index is 11.8. The Bertz CT molecular complexity index is 483. The molecule has 0 bridgehead atoms. The number of carbonyl (C=O) groups excluding carboxylic acids is 2. The van der Waals surface area contributed by atoms with Crippen LogP contribution in [0.5, 0.6) is 0 Å². The molecule has 4 nitrogen and oxygen atoms in total. The fraction of sp³-hybridized carbons (Fsp3) is 0.429. The van der Waals surface area contributed by atoms with Gasteiger partial charge in [0.2, 0.25) is 11.8 Å². The fourth-order valence-corrected chi connectivity index (χ4v) is 2.16. The van der Waals surface area contributed by atoms with E-state index in [4.69, 9.17) is 0 Å². The molecule has 0 aliphatic carbocycles. The van der Waals surface area contributed by atoms with E-state index in [1.807, 2.05) is 26.0 Å². The topological polar surface area (TPSA) is 58.2 Å². The van der Waals surface area contributed by atoms with Crippen LogP contribution in [0.25, 0.3) is 0 Å². The third kappa shape index (κ3) is 2.88. The molecular formula is C14H18N2O2. The predicted molar refractivity (Wildman–Crippen MR) is 68.9 cm³/mol. The van der Waals surface area contributed by atoms with Gasteiger partial charge in [-0.2, -0.15) is 0 Å². The molecule has 0 radical (unpaired) electrons. The quantitative estimate of drug-likeness (QED) is 0.842. The Labute approximate surface area is 107 Å². The number of rotatable bonds is 3. The van der Waals surface area contributed by atoms with Crippen LogP contribution in [0.2, 0.25) is 0 Å². The highest BCUT2D eigenvalue weighted by Gasteiger charge is 2.26. The lowest BCUT2D eigenvalue weighted by molar-refractivity contribution is -0.125. The van der Waals surface area contributed by atoms with Crippen LogP contribution >= 0.6 is 0 Å². The van der Waals surface area contributed by atoms with E-state index >= 15 is 0 Å². The number of carbonyl (C=O) groups is 2. The Morgan fingerprint density at radius 2 is 2.22 bits per heavy atom. The number of hydrogen-bond acceptors (Lipinski definition) is 2. The molecule has 2 rings (SSSR count). The van der Waals surface area contributed by atoms with Gasteiger partial charge in [-0.3, -0.25) is 9.59 Å². The van der Waals surface area contributed by atoms with Gasteiger partial charge < -0.3 is 10.6 Å². The van der Waals surface area contributed by atoms with Crippen LogP contribution in [-0.4, -0.2) is 17.9 Å². The van der Waals surface area contributed by atoms with E-state index in [-0.39, 0.29) is 17.9 Å². The van der Waals surface area contributed by atoms with Crippen molar-refractivity contribution in [3.8, 4) is 0 Å². The van der Waals surface area contributed by atoms with Crippen LogP contribution in [-0.2, 0) is 16.1 Å². The minimum absolute atomic E-state index is 0.0401. The third-order valence-electron chi connectivity index (χ3n) is 3.26. The Morgan fingerprint density at radius 1 is 1.44 bits per heavy atom. The molecule has 1 aliphatic heterocycles. The van der Waals surface area contributed by atoms with E-state index < -0.39 is 0 Å². The first-order chi connectivity index (χ1) is 8.56. The van der Waals surface area contributed by atoms with Crippen LogP contribution < -0.4 is 10.6 Å². The van der Waals surface area contributed by atoms with Crippen LogP contribution in [0, 0.1) is 13.8 Å². The number of aryl methyl sites for hydroxylation is 2. The van der Waals surface area contributed by atoms with Gasteiger partial charge in [0.15, 0.2) is 0 Å². The summed E-state index contributed by atoms with van der Waals surface area (Å²) in [5, 5.41) is 5.53. The van der Waals surface area contributed by atoms with E-state index in [2.05, 4.69) is 16.7 Å². The molecule has 1 fully saturated rings. The summed E-state index contributed by atoms with van der Waals surface area (Å²) >= 11 is 0. The highest BCUT2D eigenvalue weighted by molar-refractivity contribution is 5.90. The fourth-order valence-electron chi connectivity index (χ4n) is 2.16. The predicted octanol–water partition coefficient (Wildman–Crippen LogP) is 1.20. The summed E-state index contributed by atoms with van der Waals surface area (Å²) in [6.07, 6.45) is 1.04. The van der Waals surface area contributed by atoms with Crippen molar-refractivity contribution in [2.45, 2.75) is 39.3 Å². The summed E-state index contributed by atoms with van der Waals surface area (Å²) in [5.74, 6) is -0.137. The second-order valence-corrected chi connectivity index (χ2v) is 4.81. The number of benzene rings is 1. The van der Waals surface area contributed by atoms with Crippen molar-refractivity contribution in [1.82, 2.24) is 10.6 Å². The maximum Gasteiger partial charge on any atom is 0.242 e. The minimum atomic E-state index is -0.358. The van der Waals surface area contributed by atoms with Gasteiger partial charge in [-0.1, -0.05) is 23.8 Å². The first kappa shape index (κ1) is 12.6. The molecular weight excluding hydrogens is 228 g/mol. The molecule has 1 aromatic rings. The number of hydrogen-bond donors (Lipinski definition) is 2. The second-order valence-electron chi connectivity index (χ2n) is 4.81. The van der Waals surface area contributed by atoms with Crippen molar-refractivity contribution in [2.75, 3.05) is 0 Å². The summed E-state index contributed by atoms with van der Waals surface area (Å²) in [6, 6.07) is 5.80. The zero-order chi connectivity index (χ0) is 13.1. The van der Waals surface area contributed by atoms with Crippen molar-refractivity contribution >= 4 is 11.8 Å². The molecule has 1 aromatic carbocycles. The van der Waals surface area contributed by atoms with Gasteiger partial charge >= 0.3 is 0 Å². The Hall–Kier alpha value is -1.84. The molecule has 18 heavy (non-hydrogen) atoms. The van der Waals surface area contributed by atoms with E-state index in [1.165, 1.54) is 11.1 Å².